The summed E-state index contributed by atoms with van der Waals surface area (Å²) >= 11 is 0. The summed E-state index contributed by atoms with van der Waals surface area (Å²) < 4.78 is 0. The molecule has 0 aliphatic heterocycles. The monoisotopic (exact) mass is 202 g/mol. The summed E-state index contributed by atoms with van der Waals surface area (Å²) in [5, 5.41) is 3.38. The second-order valence-electron chi connectivity index (χ2n) is 4.38. The number of rotatable bonds is 3. The molecule has 0 aromatic carbocycles. The lowest BCUT2D eigenvalue weighted by atomic mass is 9.96. The largest absolute Gasteiger partial charge is 0.309 e. The predicted octanol–water partition coefficient (Wildman–Crippen LogP) is 2.35. The molecular weight excluding hydrogens is 184 g/mol. The highest BCUT2D eigenvalue weighted by molar-refractivity contribution is 5.30. The SMILES string of the molecule is CC(C)NCc1ccc2c(n1)[C]CCC2. The van der Waals surface area contributed by atoms with E-state index in [2.05, 4.69) is 42.7 Å². The molecule has 0 bridgehead atoms. The first-order valence-electron chi connectivity index (χ1n) is 5.72. The van der Waals surface area contributed by atoms with Crippen LogP contribution < -0.4 is 5.32 Å². The quantitative estimate of drug-likeness (QED) is 0.813. The summed E-state index contributed by atoms with van der Waals surface area (Å²) in [5.74, 6) is 0. The molecule has 2 radical (unpaired) electrons. The first-order valence-corrected chi connectivity index (χ1v) is 5.72. The number of aromatic nitrogens is 1. The Labute approximate surface area is 92.1 Å². The molecule has 0 atom stereocenters. The highest BCUT2D eigenvalue weighted by Gasteiger charge is 2.11. The van der Waals surface area contributed by atoms with Crippen molar-refractivity contribution < 1.29 is 0 Å². The zero-order chi connectivity index (χ0) is 10.7. The van der Waals surface area contributed by atoms with Gasteiger partial charge in [0.15, 0.2) is 0 Å². The van der Waals surface area contributed by atoms with E-state index < -0.39 is 0 Å². The lowest BCUT2D eigenvalue weighted by molar-refractivity contribution is 0.579. The van der Waals surface area contributed by atoms with Crippen LogP contribution >= 0.6 is 0 Å². The van der Waals surface area contributed by atoms with Gasteiger partial charge < -0.3 is 5.32 Å². The Morgan fingerprint density at radius 2 is 2.33 bits per heavy atom. The fraction of sp³-hybridized carbons (Fsp3) is 0.538. The molecule has 1 heterocycles. The predicted molar refractivity (Wildman–Crippen MR) is 61.5 cm³/mol. The number of nitrogens with one attached hydrogen (secondary N) is 1. The van der Waals surface area contributed by atoms with E-state index in [1.807, 2.05) is 0 Å². The highest BCUT2D eigenvalue weighted by Crippen LogP contribution is 2.20. The molecule has 1 N–H and O–H groups in total. The zero-order valence-corrected chi connectivity index (χ0v) is 9.51. The lowest BCUT2D eigenvalue weighted by Crippen LogP contribution is -2.22. The van der Waals surface area contributed by atoms with Gasteiger partial charge in [0.25, 0.3) is 0 Å². The summed E-state index contributed by atoms with van der Waals surface area (Å²) in [6, 6.07) is 4.84. The van der Waals surface area contributed by atoms with Crippen LogP contribution in [0.25, 0.3) is 0 Å². The molecule has 0 unspecified atom stereocenters. The van der Waals surface area contributed by atoms with E-state index in [1.54, 1.807) is 0 Å². The van der Waals surface area contributed by atoms with Gasteiger partial charge in [0.1, 0.15) is 0 Å². The number of hydrogen-bond donors (Lipinski definition) is 1. The van der Waals surface area contributed by atoms with E-state index in [0.29, 0.717) is 6.04 Å². The van der Waals surface area contributed by atoms with Crippen LogP contribution in [0, 0.1) is 6.42 Å². The fourth-order valence-corrected chi connectivity index (χ4v) is 1.78. The standard InChI is InChI=1S/C13H18N2/c1-10(2)14-9-12-8-7-11-5-3-4-6-13(11)15-12/h7-8,10,14H,3-5,9H2,1-2H3. The van der Waals surface area contributed by atoms with Gasteiger partial charge in [-0.25, -0.2) is 0 Å². The maximum atomic E-state index is 4.61. The second kappa shape index (κ2) is 4.75. The van der Waals surface area contributed by atoms with Crippen molar-refractivity contribution in [1.29, 1.82) is 0 Å². The number of hydrogen-bond acceptors (Lipinski definition) is 2. The molecule has 15 heavy (non-hydrogen) atoms. The smallest absolute Gasteiger partial charge is 0.0545 e. The minimum Gasteiger partial charge on any atom is -0.309 e. The third-order valence-corrected chi connectivity index (χ3v) is 2.64. The minimum atomic E-state index is 0.510. The van der Waals surface area contributed by atoms with Crippen molar-refractivity contribution in [3.63, 3.8) is 0 Å². The summed E-state index contributed by atoms with van der Waals surface area (Å²) in [7, 11) is 0. The van der Waals surface area contributed by atoms with Crippen LogP contribution in [0.2, 0.25) is 0 Å². The lowest BCUT2D eigenvalue weighted by Gasteiger charge is -2.15. The molecule has 1 aliphatic carbocycles. The summed E-state index contributed by atoms with van der Waals surface area (Å²) in [6.45, 7) is 5.15. The van der Waals surface area contributed by atoms with Crippen molar-refractivity contribution in [2.24, 2.45) is 0 Å². The van der Waals surface area contributed by atoms with Crippen LogP contribution in [-0.4, -0.2) is 11.0 Å². The zero-order valence-electron chi connectivity index (χ0n) is 9.51. The molecule has 2 nitrogen and oxygen atoms in total. The molecule has 2 heteroatoms. The average molecular weight is 202 g/mol. The first kappa shape index (κ1) is 10.6. The van der Waals surface area contributed by atoms with Gasteiger partial charge in [-0.2, -0.15) is 0 Å². The van der Waals surface area contributed by atoms with Crippen LogP contribution in [0.15, 0.2) is 12.1 Å². The Hall–Kier alpha value is -0.890. The number of nitrogens with zero attached hydrogens (tertiary/aromatic N) is 1. The topological polar surface area (TPSA) is 24.9 Å². The van der Waals surface area contributed by atoms with Gasteiger partial charge in [0, 0.05) is 19.0 Å². The van der Waals surface area contributed by atoms with E-state index in [1.165, 1.54) is 12.0 Å². The molecule has 0 amide bonds. The molecule has 1 aliphatic rings. The van der Waals surface area contributed by atoms with Crippen LogP contribution in [0.4, 0.5) is 0 Å². The molecule has 80 valence electrons. The van der Waals surface area contributed by atoms with Gasteiger partial charge >= 0.3 is 0 Å². The van der Waals surface area contributed by atoms with Crippen LogP contribution in [0.3, 0.4) is 0 Å². The Bertz CT molecular complexity index is 331. The van der Waals surface area contributed by atoms with Crippen molar-refractivity contribution in [2.45, 2.75) is 45.7 Å². The Kier molecular flexibility index (Phi) is 3.37. The normalized spacial score (nSPS) is 15.4. The van der Waals surface area contributed by atoms with Crippen LogP contribution in [0.1, 0.15) is 43.6 Å². The van der Waals surface area contributed by atoms with E-state index >= 15 is 0 Å². The van der Waals surface area contributed by atoms with Crippen molar-refractivity contribution in [3.8, 4) is 0 Å². The van der Waals surface area contributed by atoms with Crippen molar-refractivity contribution in [2.75, 3.05) is 0 Å². The highest BCUT2D eigenvalue weighted by atomic mass is 14.9. The number of fused-ring (bicyclic) bond motifs is 1. The van der Waals surface area contributed by atoms with Gasteiger partial charge in [-0.3, -0.25) is 4.98 Å². The van der Waals surface area contributed by atoms with Gasteiger partial charge in [-0.05, 0) is 30.9 Å². The molecule has 2 rings (SSSR count). The van der Waals surface area contributed by atoms with Crippen LogP contribution in [0.5, 0.6) is 0 Å². The summed E-state index contributed by atoms with van der Waals surface area (Å²) in [4.78, 5) is 4.61. The molecule has 0 fully saturated rings. The molecule has 0 saturated heterocycles. The third-order valence-electron chi connectivity index (χ3n) is 2.64. The molecule has 1 aromatic rings. The Morgan fingerprint density at radius 1 is 1.47 bits per heavy atom. The van der Waals surface area contributed by atoms with Crippen molar-refractivity contribution in [1.82, 2.24) is 10.3 Å². The third kappa shape index (κ3) is 2.78. The van der Waals surface area contributed by atoms with Gasteiger partial charge in [-0.15, -0.1) is 0 Å². The fourth-order valence-electron chi connectivity index (χ4n) is 1.78. The van der Waals surface area contributed by atoms with Crippen molar-refractivity contribution in [3.05, 3.63) is 35.5 Å². The molecule has 0 spiro atoms. The number of aryl methyl sites for hydroxylation is 1. The van der Waals surface area contributed by atoms with Crippen LogP contribution in [-0.2, 0) is 13.0 Å². The molecule has 1 aromatic heterocycles. The van der Waals surface area contributed by atoms with Gasteiger partial charge in [0.2, 0.25) is 0 Å². The molecule has 0 saturated carbocycles. The summed E-state index contributed by atoms with van der Waals surface area (Å²) in [6.07, 6.45) is 6.79. The van der Waals surface area contributed by atoms with E-state index in [4.69, 9.17) is 0 Å². The maximum absolute atomic E-state index is 4.61. The van der Waals surface area contributed by atoms with E-state index in [9.17, 15) is 0 Å². The Balaban J connectivity index is 2.07. The van der Waals surface area contributed by atoms with Gasteiger partial charge in [0.05, 0.1) is 11.4 Å². The minimum absolute atomic E-state index is 0.510. The van der Waals surface area contributed by atoms with E-state index in [0.717, 1.165) is 30.8 Å². The first-order chi connectivity index (χ1) is 7.25. The van der Waals surface area contributed by atoms with E-state index in [-0.39, 0.29) is 0 Å². The van der Waals surface area contributed by atoms with Gasteiger partial charge in [-0.1, -0.05) is 19.9 Å². The Morgan fingerprint density at radius 3 is 3.13 bits per heavy atom. The molecular formula is C13H18N2. The second-order valence-corrected chi connectivity index (χ2v) is 4.38. The maximum Gasteiger partial charge on any atom is 0.0545 e. The average Bonchev–Trinajstić information content (AvgIpc) is 2.26. The number of pyridine rings is 1. The van der Waals surface area contributed by atoms with Crippen molar-refractivity contribution >= 4 is 0 Å². The summed E-state index contributed by atoms with van der Waals surface area (Å²) in [5.41, 5.74) is 3.57.